The summed E-state index contributed by atoms with van der Waals surface area (Å²) in [7, 11) is 0. The lowest BCUT2D eigenvalue weighted by molar-refractivity contribution is 0.553. The maximum absolute atomic E-state index is 4.55. The molecule has 20 heavy (non-hydrogen) atoms. The van der Waals surface area contributed by atoms with Crippen LogP contribution >= 0.6 is 11.8 Å². The molecule has 0 amide bonds. The monoisotopic (exact) mass is 291 g/mol. The standard InChI is InChI=1S/C16H25N3S/c1-4-20-9-8-19-12-14(11-17-10-13(2)3)15-6-5-7-18-16(15)19/h5-7,12-13,17H,4,8-11H2,1-3H3. The smallest absolute Gasteiger partial charge is 0.140 e. The molecule has 0 aromatic carbocycles. The number of pyridine rings is 1. The zero-order valence-electron chi connectivity index (χ0n) is 12.7. The number of fused-ring (bicyclic) bond motifs is 1. The second-order valence-corrected chi connectivity index (χ2v) is 6.84. The Morgan fingerprint density at radius 3 is 3.00 bits per heavy atom. The molecule has 2 aromatic heterocycles. The lowest BCUT2D eigenvalue weighted by atomic mass is 10.2. The van der Waals surface area contributed by atoms with E-state index in [2.05, 4.69) is 47.9 Å². The first-order valence-electron chi connectivity index (χ1n) is 7.43. The first-order chi connectivity index (χ1) is 9.72. The summed E-state index contributed by atoms with van der Waals surface area (Å²) in [5.41, 5.74) is 2.47. The van der Waals surface area contributed by atoms with E-state index >= 15 is 0 Å². The van der Waals surface area contributed by atoms with Gasteiger partial charge in [0.15, 0.2) is 0 Å². The largest absolute Gasteiger partial charge is 0.331 e. The number of thioether (sulfide) groups is 1. The Kier molecular flexibility index (Phi) is 5.92. The topological polar surface area (TPSA) is 29.9 Å². The van der Waals surface area contributed by atoms with Crippen molar-refractivity contribution in [2.45, 2.75) is 33.9 Å². The van der Waals surface area contributed by atoms with Crippen molar-refractivity contribution in [2.24, 2.45) is 5.92 Å². The Morgan fingerprint density at radius 1 is 1.40 bits per heavy atom. The van der Waals surface area contributed by atoms with Gasteiger partial charge in [-0.3, -0.25) is 0 Å². The van der Waals surface area contributed by atoms with Gasteiger partial charge in [-0.25, -0.2) is 4.98 Å². The Labute approximate surface area is 126 Å². The molecule has 0 aliphatic rings. The molecule has 4 heteroatoms. The highest BCUT2D eigenvalue weighted by molar-refractivity contribution is 7.99. The number of aryl methyl sites for hydroxylation is 1. The van der Waals surface area contributed by atoms with Crippen LogP contribution in [-0.4, -0.2) is 27.6 Å². The summed E-state index contributed by atoms with van der Waals surface area (Å²) in [4.78, 5) is 4.55. The van der Waals surface area contributed by atoms with E-state index in [1.54, 1.807) is 0 Å². The Balaban J connectivity index is 2.13. The van der Waals surface area contributed by atoms with Gasteiger partial charge in [-0.15, -0.1) is 0 Å². The van der Waals surface area contributed by atoms with Crippen molar-refractivity contribution in [3.8, 4) is 0 Å². The van der Waals surface area contributed by atoms with E-state index in [0.717, 1.165) is 31.0 Å². The fourth-order valence-electron chi connectivity index (χ4n) is 2.31. The summed E-state index contributed by atoms with van der Waals surface area (Å²) < 4.78 is 2.30. The van der Waals surface area contributed by atoms with Gasteiger partial charge >= 0.3 is 0 Å². The highest BCUT2D eigenvalue weighted by Gasteiger charge is 2.08. The Morgan fingerprint density at radius 2 is 2.25 bits per heavy atom. The molecule has 0 saturated carbocycles. The minimum absolute atomic E-state index is 0.683. The molecular formula is C16H25N3S. The predicted octanol–water partition coefficient (Wildman–Crippen LogP) is 3.54. The average molecular weight is 291 g/mol. The average Bonchev–Trinajstić information content (AvgIpc) is 2.78. The van der Waals surface area contributed by atoms with E-state index < -0.39 is 0 Å². The lowest BCUT2D eigenvalue weighted by Gasteiger charge is -2.06. The van der Waals surface area contributed by atoms with E-state index in [9.17, 15) is 0 Å². The molecule has 0 unspecified atom stereocenters. The van der Waals surface area contributed by atoms with Crippen molar-refractivity contribution >= 4 is 22.8 Å². The molecule has 110 valence electrons. The molecule has 0 aliphatic heterocycles. The third kappa shape index (κ3) is 4.00. The zero-order valence-corrected chi connectivity index (χ0v) is 13.5. The van der Waals surface area contributed by atoms with Crippen LogP contribution in [-0.2, 0) is 13.1 Å². The summed E-state index contributed by atoms with van der Waals surface area (Å²) in [6.45, 7) is 9.70. The number of rotatable bonds is 8. The number of hydrogen-bond acceptors (Lipinski definition) is 3. The normalized spacial score (nSPS) is 11.6. The predicted molar refractivity (Wildman–Crippen MR) is 89.3 cm³/mol. The molecule has 2 aromatic rings. The van der Waals surface area contributed by atoms with E-state index in [-0.39, 0.29) is 0 Å². The maximum atomic E-state index is 4.55. The quantitative estimate of drug-likeness (QED) is 0.755. The molecule has 0 radical (unpaired) electrons. The summed E-state index contributed by atoms with van der Waals surface area (Å²) >= 11 is 1.98. The lowest BCUT2D eigenvalue weighted by Crippen LogP contribution is -2.18. The van der Waals surface area contributed by atoms with Crippen LogP contribution in [0.3, 0.4) is 0 Å². The zero-order chi connectivity index (χ0) is 14.4. The van der Waals surface area contributed by atoms with Gasteiger partial charge in [0.1, 0.15) is 5.65 Å². The van der Waals surface area contributed by atoms with Crippen molar-refractivity contribution in [2.75, 3.05) is 18.1 Å². The van der Waals surface area contributed by atoms with Crippen LogP contribution in [0.5, 0.6) is 0 Å². The molecule has 0 aliphatic carbocycles. The summed E-state index contributed by atoms with van der Waals surface area (Å²) in [5.74, 6) is 3.01. The Bertz CT molecular complexity index is 534. The molecule has 0 fully saturated rings. The van der Waals surface area contributed by atoms with Gasteiger partial charge in [0.2, 0.25) is 0 Å². The maximum Gasteiger partial charge on any atom is 0.140 e. The van der Waals surface area contributed by atoms with Gasteiger partial charge < -0.3 is 9.88 Å². The molecule has 2 rings (SSSR count). The summed E-state index contributed by atoms with van der Waals surface area (Å²) in [5, 5.41) is 4.81. The van der Waals surface area contributed by atoms with Crippen LogP contribution in [0.2, 0.25) is 0 Å². The van der Waals surface area contributed by atoms with Crippen molar-refractivity contribution in [3.05, 3.63) is 30.1 Å². The number of nitrogens with one attached hydrogen (secondary N) is 1. The first kappa shape index (κ1) is 15.4. The summed E-state index contributed by atoms with van der Waals surface area (Å²) in [6.07, 6.45) is 4.15. The van der Waals surface area contributed by atoms with Crippen LogP contribution in [0.15, 0.2) is 24.5 Å². The third-order valence-electron chi connectivity index (χ3n) is 3.27. The molecule has 0 spiro atoms. The molecule has 0 atom stereocenters. The third-order valence-corrected chi connectivity index (χ3v) is 4.14. The van der Waals surface area contributed by atoms with Gasteiger partial charge in [0, 0.05) is 36.6 Å². The van der Waals surface area contributed by atoms with E-state index in [1.165, 1.54) is 16.7 Å². The molecule has 0 saturated heterocycles. The molecule has 1 N–H and O–H groups in total. The second kappa shape index (κ2) is 7.70. The molecule has 0 bridgehead atoms. The Hall–Kier alpha value is -1.00. The summed E-state index contributed by atoms with van der Waals surface area (Å²) in [6, 6.07) is 4.21. The SMILES string of the molecule is CCSCCn1cc(CNCC(C)C)c2cccnc21. The molecular weight excluding hydrogens is 266 g/mol. The fraction of sp³-hybridized carbons (Fsp3) is 0.562. The van der Waals surface area contributed by atoms with Crippen molar-refractivity contribution in [3.63, 3.8) is 0 Å². The highest BCUT2D eigenvalue weighted by atomic mass is 32.2. The number of aromatic nitrogens is 2. The van der Waals surface area contributed by atoms with Crippen molar-refractivity contribution in [1.82, 2.24) is 14.9 Å². The van der Waals surface area contributed by atoms with Crippen LogP contribution in [0.1, 0.15) is 26.3 Å². The molecule has 3 nitrogen and oxygen atoms in total. The van der Waals surface area contributed by atoms with Crippen molar-refractivity contribution in [1.29, 1.82) is 0 Å². The van der Waals surface area contributed by atoms with Crippen LogP contribution in [0.25, 0.3) is 11.0 Å². The van der Waals surface area contributed by atoms with Gasteiger partial charge in [0.25, 0.3) is 0 Å². The van der Waals surface area contributed by atoms with Gasteiger partial charge in [0.05, 0.1) is 0 Å². The number of hydrogen-bond donors (Lipinski definition) is 1. The van der Waals surface area contributed by atoms with Gasteiger partial charge in [-0.1, -0.05) is 20.8 Å². The van der Waals surface area contributed by atoms with E-state index in [1.807, 2.05) is 24.0 Å². The highest BCUT2D eigenvalue weighted by Crippen LogP contribution is 2.19. The second-order valence-electron chi connectivity index (χ2n) is 5.44. The fourth-order valence-corrected chi connectivity index (χ4v) is 2.92. The first-order valence-corrected chi connectivity index (χ1v) is 8.59. The van der Waals surface area contributed by atoms with Crippen LogP contribution in [0.4, 0.5) is 0 Å². The van der Waals surface area contributed by atoms with Crippen LogP contribution < -0.4 is 5.32 Å². The molecule has 2 heterocycles. The van der Waals surface area contributed by atoms with Gasteiger partial charge in [-0.05, 0) is 35.9 Å². The minimum atomic E-state index is 0.683. The van der Waals surface area contributed by atoms with E-state index in [4.69, 9.17) is 0 Å². The van der Waals surface area contributed by atoms with Crippen LogP contribution in [0, 0.1) is 5.92 Å². The van der Waals surface area contributed by atoms with E-state index in [0.29, 0.717) is 5.92 Å². The van der Waals surface area contributed by atoms with Crippen molar-refractivity contribution < 1.29 is 0 Å². The van der Waals surface area contributed by atoms with Gasteiger partial charge in [-0.2, -0.15) is 11.8 Å². The number of nitrogens with zero attached hydrogens (tertiary/aromatic N) is 2. The minimum Gasteiger partial charge on any atom is -0.331 e.